The van der Waals surface area contributed by atoms with Crippen LogP contribution in [0.25, 0.3) is 0 Å². The molecule has 0 atom stereocenters. The van der Waals surface area contributed by atoms with Crippen molar-refractivity contribution in [2.24, 2.45) is 0 Å². The van der Waals surface area contributed by atoms with Crippen LogP contribution in [0.1, 0.15) is 21.6 Å². The minimum Gasteiger partial charge on any atom is -0.476 e. The van der Waals surface area contributed by atoms with Crippen molar-refractivity contribution in [1.82, 2.24) is 15.0 Å². The van der Waals surface area contributed by atoms with Gasteiger partial charge in [0.15, 0.2) is 15.5 Å². The van der Waals surface area contributed by atoms with Crippen molar-refractivity contribution in [2.75, 3.05) is 5.75 Å². The quantitative estimate of drug-likeness (QED) is 0.850. The van der Waals surface area contributed by atoms with E-state index in [1.54, 1.807) is 6.07 Å². The first-order chi connectivity index (χ1) is 9.85. The number of aromatic nitrogens is 3. The minimum absolute atomic E-state index is 0.0465. The van der Waals surface area contributed by atoms with E-state index in [9.17, 15) is 13.2 Å². The summed E-state index contributed by atoms with van der Waals surface area (Å²) < 4.78 is 25.3. The number of nitrogens with zero attached hydrogens (tertiary/aromatic N) is 3. The van der Waals surface area contributed by atoms with Gasteiger partial charge in [0.05, 0.1) is 24.2 Å². The molecule has 0 saturated heterocycles. The predicted octanol–water partition coefficient (Wildman–Crippen LogP) is 0.900. The molecule has 2 aromatic rings. The van der Waals surface area contributed by atoms with E-state index >= 15 is 0 Å². The zero-order valence-corrected chi connectivity index (χ0v) is 12.2. The fourth-order valence-electron chi connectivity index (χ4n) is 1.87. The summed E-state index contributed by atoms with van der Waals surface area (Å²) in [7, 11) is -3.30. The number of carbonyl (C=O) groups is 1. The molecule has 0 aliphatic carbocycles. The molecule has 1 heterocycles. The molecule has 21 heavy (non-hydrogen) atoms. The van der Waals surface area contributed by atoms with Crippen LogP contribution in [0.5, 0.6) is 0 Å². The van der Waals surface area contributed by atoms with E-state index in [1.807, 2.05) is 25.1 Å². The highest BCUT2D eigenvalue weighted by molar-refractivity contribution is 7.90. The molecule has 0 amide bonds. The van der Waals surface area contributed by atoms with Crippen molar-refractivity contribution in [3.05, 3.63) is 47.3 Å². The molecule has 0 radical (unpaired) electrons. The first-order valence-corrected chi connectivity index (χ1v) is 8.07. The van der Waals surface area contributed by atoms with Gasteiger partial charge >= 0.3 is 5.97 Å². The second-order valence-electron chi connectivity index (χ2n) is 4.75. The summed E-state index contributed by atoms with van der Waals surface area (Å²) in [5.41, 5.74) is 1.54. The summed E-state index contributed by atoms with van der Waals surface area (Å²) >= 11 is 0. The molecule has 0 spiro atoms. The number of hydrogen-bond donors (Lipinski definition) is 1. The molecule has 112 valence electrons. The fourth-order valence-corrected chi connectivity index (χ4v) is 3.16. The predicted molar refractivity (Wildman–Crippen MR) is 75.7 cm³/mol. The highest BCUT2D eigenvalue weighted by atomic mass is 32.2. The first kappa shape index (κ1) is 15.2. The lowest BCUT2D eigenvalue weighted by molar-refractivity contribution is 0.0690. The van der Waals surface area contributed by atoms with Crippen LogP contribution in [0.2, 0.25) is 0 Å². The van der Waals surface area contributed by atoms with Crippen LogP contribution >= 0.6 is 0 Å². The van der Waals surface area contributed by atoms with Crippen LogP contribution < -0.4 is 0 Å². The van der Waals surface area contributed by atoms with E-state index < -0.39 is 15.8 Å². The van der Waals surface area contributed by atoms with Crippen LogP contribution in [-0.2, 0) is 22.1 Å². The smallest absolute Gasteiger partial charge is 0.358 e. The highest BCUT2D eigenvalue weighted by Gasteiger charge is 2.14. The van der Waals surface area contributed by atoms with Crippen LogP contribution in [0, 0.1) is 6.92 Å². The monoisotopic (exact) mass is 309 g/mol. The van der Waals surface area contributed by atoms with Crippen LogP contribution in [-0.4, -0.2) is 40.2 Å². The number of aromatic carboxylic acids is 1. The Morgan fingerprint density at radius 3 is 2.76 bits per heavy atom. The third-order valence-electron chi connectivity index (χ3n) is 2.86. The Morgan fingerprint density at radius 1 is 1.38 bits per heavy atom. The summed E-state index contributed by atoms with van der Waals surface area (Å²) in [6, 6.07) is 7.31. The summed E-state index contributed by atoms with van der Waals surface area (Å²) in [5.74, 6) is -1.36. The largest absolute Gasteiger partial charge is 0.476 e. The third kappa shape index (κ3) is 4.38. The molecule has 0 fully saturated rings. The van der Waals surface area contributed by atoms with Gasteiger partial charge < -0.3 is 5.11 Å². The van der Waals surface area contributed by atoms with Crippen molar-refractivity contribution in [3.8, 4) is 0 Å². The number of benzene rings is 1. The zero-order chi connectivity index (χ0) is 15.5. The molecule has 0 bridgehead atoms. The van der Waals surface area contributed by atoms with Gasteiger partial charge in [-0.1, -0.05) is 35.0 Å². The molecule has 7 nitrogen and oxygen atoms in total. The van der Waals surface area contributed by atoms with E-state index in [2.05, 4.69) is 10.3 Å². The van der Waals surface area contributed by atoms with E-state index in [-0.39, 0.29) is 23.7 Å². The maximum absolute atomic E-state index is 12.0. The fraction of sp³-hybridized carbons (Fsp3) is 0.308. The summed E-state index contributed by atoms with van der Waals surface area (Å²) in [5, 5.41) is 15.7. The van der Waals surface area contributed by atoms with Gasteiger partial charge in [0.1, 0.15) is 0 Å². The number of rotatable bonds is 6. The number of sulfone groups is 1. The van der Waals surface area contributed by atoms with E-state index in [0.717, 1.165) is 11.1 Å². The Kier molecular flexibility index (Phi) is 4.37. The lowest BCUT2D eigenvalue weighted by atomic mass is 10.2. The van der Waals surface area contributed by atoms with Crippen molar-refractivity contribution in [1.29, 1.82) is 0 Å². The Bertz CT molecular complexity index is 752. The molecule has 0 aliphatic heterocycles. The molecule has 1 N–H and O–H groups in total. The van der Waals surface area contributed by atoms with Crippen molar-refractivity contribution < 1.29 is 18.3 Å². The molecule has 0 unspecified atom stereocenters. The molecule has 8 heteroatoms. The Balaban J connectivity index is 1.99. The van der Waals surface area contributed by atoms with E-state index in [1.165, 1.54) is 10.9 Å². The van der Waals surface area contributed by atoms with Gasteiger partial charge in [-0.15, -0.1) is 5.10 Å². The molecule has 0 aliphatic rings. The molecule has 2 rings (SSSR count). The average Bonchev–Trinajstić information content (AvgIpc) is 2.85. The first-order valence-electron chi connectivity index (χ1n) is 6.25. The molecular formula is C13H15N3O4S. The molecule has 0 saturated carbocycles. The van der Waals surface area contributed by atoms with Gasteiger partial charge in [0, 0.05) is 0 Å². The van der Waals surface area contributed by atoms with Gasteiger partial charge in [-0.25, -0.2) is 13.2 Å². The molecule has 1 aromatic carbocycles. The lowest BCUT2D eigenvalue weighted by Crippen LogP contribution is -2.15. The van der Waals surface area contributed by atoms with Crippen molar-refractivity contribution >= 4 is 15.8 Å². The Morgan fingerprint density at radius 2 is 2.14 bits per heavy atom. The van der Waals surface area contributed by atoms with Crippen LogP contribution in [0.3, 0.4) is 0 Å². The highest BCUT2D eigenvalue weighted by Crippen LogP contribution is 2.09. The summed E-state index contributed by atoms with van der Waals surface area (Å²) in [6.45, 7) is 1.98. The van der Waals surface area contributed by atoms with Gasteiger partial charge in [-0.3, -0.25) is 4.68 Å². The average molecular weight is 309 g/mol. The SMILES string of the molecule is Cc1cccc(CS(=O)(=O)CCn2cc(C(=O)O)nn2)c1. The topological polar surface area (TPSA) is 102 Å². The maximum Gasteiger partial charge on any atom is 0.358 e. The Labute approximate surface area is 122 Å². The second kappa shape index (κ2) is 6.04. The van der Waals surface area contributed by atoms with Crippen molar-refractivity contribution in [2.45, 2.75) is 19.2 Å². The van der Waals surface area contributed by atoms with E-state index in [4.69, 9.17) is 5.11 Å². The Hall–Kier alpha value is -2.22. The molecular weight excluding hydrogens is 294 g/mol. The second-order valence-corrected chi connectivity index (χ2v) is 6.94. The van der Waals surface area contributed by atoms with Gasteiger partial charge in [0.2, 0.25) is 0 Å². The van der Waals surface area contributed by atoms with Crippen molar-refractivity contribution in [3.63, 3.8) is 0 Å². The van der Waals surface area contributed by atoms with E-state index in [0.29, 0.717) is 0 Å². The summed E-state index contributed by atoms with van der Waals surface area (Å²) in [6.07, 6.45) is 1.21. The maximum atomic E-state index is 12.0. The van der Waals surface area contributed by atoms with Gasteiger partial charge in [0.25, 0.3) is 0 Å². The number of carboxylic acids is 1. The number of carboxylic acid groups (broad SMARTS) is 1. The minimum atomic E-state index is -3.30. The number of hydrogen-bond acceptors (Lipinski definition) is 5. The van der Waals surface area contributed by atoms with Crippen LogP contribution in [0.15, 0.2) is 30.5 Å². The standard InChI is InChI=1S/C13H15N3O4S/c1-10-3-2-4-11(7-10)9-21(19,20)6-5-16-8-12(13(17)18)14-15-16/h2-4,7-8H,5-6,9H2,1H3,(H,17,18). The summed E-state index contributed by atoms with van der Waals surface area (Å²) in [4.78, 5) is 10.7. The zero-order valence-electron chi connectivity index (χ0n) is 11.4. The van der Waals surface area contributed by atoms with Gasteiger partial charge in [-0.2, -0.15) is 0 Å². The number of aryl methyl sites for hydroxylation is 2. The molecule has 1 aromatic heterocycles. The van der Waals surface area contributed by atoms with Crippen LogP contribution in [0.4, 0.5) is 0 Å². The lowest BCUT2D eigenvalue weighted by Gasteiger charge is -2.05. The third-order valence-corrected chi connectivity index (χ3v) is 4.44. The normalized spacial score (nSPS) is 11.5. The van der Waals surface area contributed by atoms with Gasteiger partial charge in [-0.05, 0) is 12.5 Å².